The fourth-order valence-electron chi connectivity index (χ4n) is 8.15. The van der Waals surface area contributed by atoms with Crippen LogP contribution < -0.4 is 4.90 Å². The Morgan fingerprint density at radius 3 is 2.02 bits per heavy atom. The first-order valence-corrected chi connectivity index (χ1v) is 14.5. The monoisotopic (exact) mass is 514 g/mol. The lowest BCUT2D eigenvalue weighted by Gasteiger charge is -2.37. The van der Waals surface area contributed by atoms with Crippen molar-refractivity contribution < 1.29 is 0 Å². The minimum Gasteiger partial charge on any atom is -0.310 e. The molecule has 0 amide bonds. The molecule has 8 rings (SSSR count). The predicted molar refractivity (Wildman–Crippen MR) is 163 cm³/mol. The highest BCUT2D eigenvalue weighted by Crippen LogP contribution is 2.67. The number of rotatable bonds is 4. The molecule has 3 atom stereocenters. The van der Waals surface area contributed by atoms with E-state index in [4.69, 9.17) is 0 Å². The van der Waals surface area contributed by atoms with Crippen LogP contribution in [0.5, 0.6) is 0 Å². The Morgan fingerprint density at radius 2 is 1.32 bits per heavy atom. The standard InChI is InChI=1S/C38H30N2/c39-25-26-14-19-31(20-15-26)40(32-21-16-29(17-22-32)28-7-2-1-3-8-28)36-12-6-11-35-37(36)33-9-4-5-10-34(33)38(35)24-27-13-18-30(38)23-27/h1-12,14-17,19-22,27,30H,13,18,23-24H2. The molecule has 0 heterocycles. The quantitative estimate of drug-likeness (QED) is 0.239. The normalized spacial score (nSPS) is 21.7. The minimum atomic E-state index is 0.137. The summed E-state index contributed by atoms with van der Waals surface area (Å²) in [6.45, 7) is 0. The van der Waals surface area contributed by atoms with E-state index in [1.165, 1.54) is 64.8 Å². The topological polar surface area (TPSA) is 27.0 Å². The van der Waals surface area contributed by atoms with Crippen molar-refractivity contribution in [1.82, 2.24) is 0 Å². The lowest BCUT2D eigenvalue weighted by Crippen LogP contribution is -2.31. The van der Waals surface area contributed by atoms with E-state index in [1.54, 1.807) is 0 Å². The molecule has 5 aromatic carbocycles. The summed E-state index contributed by atoms with van der Waals surface area (Å²) in [5, 5.41) is 9.48. The highest BCUT2D eigenvalue weighted by molar-refractivity contribution is 5.95. The van der Waals surface area contributed by atoms with Crippen LogP contribution in [-0.4, -0.2) is 0 Å². The zero-order valence-corrected chi connectivity index (χ0v) is 22.4. The second-order valence-electron chi connectivity index (χ2n) is 11.7. The summed E-state index contributed by atoms with van der Waals surface area (Å²) in [6.07, 6.45) is 5.35. The van der Waals surface area contributed by atoms with Crippen LogP contribution in [0.3, 0.4) is 0 Å². The molecule has 192 valence electrons. The Balaban J connectivity index is 1.33. The van der Waals surface area contributed by atoms with Gasteiger partial charge in [-0.3, -0.25) is 0 Å². The van der Waals surface area contributed by atoms with Crippen LogP contribution in [-0.2, 0) is 5.41 Å². The number of hydrogen-bond donors (Lipinski definition) is 0. The number of anilines is 3. The van der Waals surface area contributed by atoms with Crippen molar-refractivity contribution in [2.45, 2.75) is 31.1 Å². The first-order chi connectivity index (χ1) is 19.8. The second-order valence-corrected chi connectivity index (χ2v) is 11.7. The van der Waals surface area contributed by atoms with Gasteiger partial charge < -0.3 is 4.90 Å². The first-order valence-electron chi connectivity index (χ1n) is 14.5. The molecule has 0 aliphatic heterocycles. The first kappa shape index (κ1) is 23.3. The van der Waals surface area contributed by atoms with Crippen molar-refractivity contribution in [3.05, 3.63) is 138 Å². The molecule has 2 bridgehead atoms. The van der Waals surface area contributed by atoms with Gasteiger partial charge in [0.2, 0.25) is 0 Å². The lowest BCUT2D eigenvalue weighted by atomic mass is 9.67. The summed E-state index contributed by atoms with van der Waals surface area (Å²) in [7, 11) is 0. The van der Waals surface area contributed by atoms with Gasteiger partial charge in [-0.1, -0.05) is 85.3 Å². The van der Waals surface area contributed by atoms with Gasteiger partial charge in [-0.2, -0.15) is 5.26 Å². The smallest absolute Gasteiger partial charge is 0.0991 e. The third-order valence-corrected chi connectivity index (χ3v) is 9.78. The average molecular weight is 515 g/mol. The molecule has 0 saturated heterocycles. The number of fused-ring (bicyclic) bond motifs is 8. The van der Waals surface area contributed by atoms with Crippen LogP contribution in [0.2, 0.25) is 0 Å². The summed E-state index contributed by atoms with van der Waals surface area (Å²) in [4.78, 5) is 2.39. The van der Waals surface area contributed by atoms with Gasteiger partial charge in [0, 0.05) is 22.4 Å². The molecule has 3 aliphatic carbocycles. The van der Waals surface area contributed by atoms with Crippen molar-refractivity contribution in [3.63, 3.8) is 0 Å². The number of nitriles is 1. The van der Waals surface area contributed by atoms with Crippen molar-refractivity contribution in [1.29, 1.82) is 5.26 Å². The zero-order chi connectivity index (χ0) is 26.7. The van der Waals surface area contributed by atoms with Gasteiger partial charge >= 0.3 is 0 Å². The molecule has 5 aromatic rings. The molecular weight excluding hydrogens is 484 g/mol. The molecule has 3 aliphatic rings. The second kappa shape index (κ2) is 8.97. The van der Waals surface area contributed by atoms with Crippen molar-refractivity contribution >= 4 is 17.1 Å². The maximum Gasteiger partial charge on any atom is 0.0991 e. The van der Waals surface area contributed by atoms with Crippen molar-refractivity contribution in [3.8, 4) is 28.3 Å². The molecule has 2 saturated carbocycles. The third kappa shape index (κ3) is 3.34. The average Bonchev–Trinajstić information content (AvgIpc) is 3.72. The number of benzene rings is 5. The van der Waals surface area contributed by atoms with E-state index in [-0.39, 0.29) is 5.41 Å². The van der Waals surface area contributed by atoms with Crippen LogP contribution in [0.25, 0.3) is 22.3 Å². The Labute approximate surface area is 236 Å². The third-order valence-electron chi connectivity index (χ3n) is 9.78. The Bertz CT molecular complexity index is 1760. The molecule has 0 radical (unpaired) electrons. The SMILES string of the molecule is N#Cc1ccc(N(c2ccc(-c3ccccc3)cc2)c2cccc3c2-c2ccccc2C32CC3CCC2C3)cc1. The van der Waals surface area contributed by atoms with Gasteiger partial charge in [0.25, 0.3) is 0 Å². The lowest BCUT2D eigenvalue weighted by molar-refractivity contribution is 0.327. The van der Waals surface area contributed by atoms with E-state index >= 15 is 0 Å². The van der Waals surface area contributed by atoms with Crippen LogP contribution in [0.15, 0.2) is 121 Å². The molecule has 2 nitrogen and oxygen atoms in total. The van der Waals surface area contributed by atoms with E-state index in [0.29, 0.717) is 5.56 Å². The highest BCUT2D eigenvalue weighted by atomic mass is 15.1. The molecule has 3 unspecified atom stereocenters. The fraction of sp³-hybridized carbons (Fsp3) is 0.184. The Kier molecular flexibility index (Phi) is 5.22. The van der Waals surface area contributed by atoms with E-state index in [9.17, 15) is 5.26 Å². The van der Waals surface area contributed by atoms with Gasteiger partial charge in [0.05, 0.1) is 17.3 Å². The molecule has 0 aromatic heterocycles. The zero-order valence-electron chi connectivity index (χ0n) is 22.4. The van der Waals surface area contributed by atoms with Crippen LogP contribution in [0, 0.1) is 23.2 Å². The molecule has 1 spiro atoms. The molecular formula is C38H30N2. The summed E-state index contributed by atoms with van der Waals surface area (Å²) in [5.41, 5.74) is 12.4. The predicted octanol–water partition coefficient (Wildman–Crippen LogP) is 9.78. The molecule has 2 fully saturated rings. The van der Waals surface area contributed by atoms with Gasteiger partial charge in [0.15, 0.2) is 0 Å². The molecule has 2 heteroatoms. The largest absolute Gasteiger partial charge is 0.310 e. The summed E-state index contributed by atoms with van der Waals surface area (Å²) < 4.78 is 0. The van der Waals surface area contributed by atoms with Crippen LogP contribution in [0.4, 0.5) is 17.1 Å². The maximum atomic E-state index is 9.48. The van der Waals surface area contributed by atoms with Crippen molar-refractivity contribution in [2.75, 3.05) is 4.90 Å². The van der Waals surface area contributed by atoms with Crippen molar-refractivity contribution in [2.24, 2.45) is 11.8 Å². The maximum absolute atomic E-state index is 9.48. The number of nitrogens with zero attached hydrogens (tertiary/aromatic N) is 2. The highest BCUT2D eigenvalue weighted by Gasteiger charge is 2.57. The summed E-state index contributed by atoms with van der Waals surface area (Å²) in [6, 6.07) is 45.9. The van der Waals surface area contributed by atoms with E-state index < -0.39 is 0 Å². The van der Waals surface area contributed by atoms with E-state index in [2.05, 4.69) is 120 Å². The van der Waals surface area contributed by atoms with E-state index in [0.717, 1.165) is 23.2 Å². The van der Waals surface area contributed by atoms with Gasteiger partial charge in [-0.25, -0.2) is 0 Å². The van der Waals surface area contributed by atoms with Gasteiger partial charge in [0.1, 0.15) is 0 Å². The fourth-order valence-corrected chi connectivity index (χ4v) is 8.15. The summed E-state index contributed by atoms with van der Waals surface area (Å²) >= 11 is 0. The summed E-state index contributed by atoms with van der Waals surface area (Å²) in [5.74, 6) is 1.57. The Hall–Kier alpha value is -4.61. The van der Waals surface area contributed by atoms with Crippen LogP contribution in [0.1, 0.15) is 42.4 Å². The van der Waals surface area contributed by atoms with Gasteiger partial charge in [-0.05, 0) is 101 Å². The number of hydrogen-bond acceptors (Lipinski definition) is 2. The van der Waals surface area contributed by atoms with E-state index in [1.807, 2.05) is 12.1 Å². The molecule has 40 heavy (non-hydrogen) atoms. The van der Waals surface area contributed by atoms with Gasteiger partial charge in [-0.15, -0.1) is 0 Å². The Morgan fingerprint density at radius 1 is 0.650 bits per heavy atom. The minimum absolute atomic E-state index is 0.137. The van der Waals surface area contributed by atoms with Crippen LogP contribution >= 0.6 is 0 Å². The molecule has 0 N–H and O–H groups in total.